The zero-order chi connectivity index (χ0) is 22.5. The average molecular weight is 420 g/mol. The Morgan fingerprint density at radius 3 is 2.25 bits per heavy atom. The molecule has 3 heterocycles. The van der Waals surface area contributed by atoms with Crippen molar-refractivity contribution in [3.63, 3.8) is 0 Å². The molecule has 3 aromatic carbocycles. The van der Waals surface area contributed by atoms with Crippen molar-refractivity contribution in [3.8, 4) is 0 Å². The lowest BCUT2D eigenvalue weighted by Gasteiger charge is -2.22. The third-order valence-electron chi connectivity index (χ3n) is 7.53. The van der Waals surface area contributed by atoms with E-state index in [1.54, 1.807) is 0 Å². The van der Waals surface area contributed by atoms with Crippen LogP contribution in [-0.4, -0.2) is 4.40 Å². The first kappa shape index (κ1) is 19.5. The van der Waals surface area contributed by atoms with Crippen LogP contribution >= 0.6 is 0 Å². The molecule has 32 heavy (non-hydrogen) atoms. The number of fused-ring (bicyclic) bond motifs is 5. The van der Waals surface area contributed by atoms with E-state index in [4.69, 9.17) is 0 Å². The second-order valence-electron chi connectivity index (χ2n) is 10.9. The number of hydrogen-bond donors (Lipinski definition) is 0. The minimum Gasteiger partial charge on any atom is -0.307 e. The maximum absolute atomic E-state index is 2.59. The minimum atomic E-state index is 0.211. The van der Waals surface area contributed by atoms with Crippen LogP contribution in [0.15, 0.2) is 48.7 Å². The standard InChI is InChI=1S/C30H31N2/c1-17-18(2)24-22-10-8-9-11-23(22)32-27-21(16-30(4,5)6)13-12-20-14-15-31(7)28(26(20)27)25(19(17)3)29(24)32/h8-15H,16H2,1-7H3/q+1. The molecule has 2 heteroatoms. The average Bonchev–Trinajstić information content (AvgIpc) is 3.08. The molecular formula is C30H31N2+. The highest BCUT2D eigenvalue weighted by molar-refractivity contribution is 6.27. The first-order chi connectivity index (χ1) is 15.2. The van der Waals surface area contributed by atoms with Crippen LogP contribution in [0.4, 0.5) is 0 Å². The summed E-state index contributed by atoms with van der Waals surface area (Å²) in [6.45, 7) is 13.9. The monoisotopic (exact) mass is 419 g/mol. The van der Waals surface area contributed by atoms with Crippen LogP contribution < -0.4 is 4.57 Å². The number of nitrogens with zero attached hydrogens (tertiary/aromatic N) is 2. The summed E-state index contributed by atoms with van der Waals surface area (Å²) in [5, 5.41) is 6.87. The predicted molar refractivity (Wildman–Crippen MR) is 137 cm³/mol. The van der Waals surface area contributed by atoms with Crippen molar-refractivity contribution in [3.05, 3.63) is 70.9 Å². The summed E-state index contributed by atoms with van der Waals surface area (Å²) < 4.78 is 4.93. The highest BCUT2D eigenvalue weighted by atomic mass is 15.0. The van der Waals surface area contributed by atoms with Crippen molar-refractivity contribution in [2.75, 3.05) is 0 Å². The Morgan fingerprint density at radius 2 is 1.50 bits per heavy atom. The Kier molecular flexibility index (Phi) is 3.80. The lowest BCUT2D eigenvalue weighted by molar-refractivity contribution is -0.643. The number of aromatic nitrogens is 2. The third kappa shape index (κ3) is 2.38. The Morgan fingerprint density at radius 1 is 0.781 bits per heavy atom. The highest BCUT2D eigenvalue weighted by Gasteiger charge is 2.28. The maximum Gasteiger partial charge on any atom is 0.224 e. The number of rotatable bonds is 1. The molecule has 6 rings (SSSR count). The van der Waals surface area contributed by atoms with Gasteiger partial charge in [0.15, 0.2) is 6.20 Å². The number of pyridine rings is 2. The van der Waals surface area contributed by atoms with Crippen molar-refractivity contribution in [1.29, 1.82) is 0 Å². The van der Waals surface area contributed by atoms with Crippen molar-refractivity contribution < 1.29 is 4.57 Å². The van der Waals surface area contributed by atoms with Crippen LogP contribution in [0.25, 0.3) is 49.0 Å². The first-order valence-electron chi connectivity index (χ1n) is 11.7. The molecule has 0 aliphatic rings. The van der Waals surface area contributed by atoms with Gasteiger partial charge in [0.05, 0.1) is 27.3 Å². The Hall–Kier alpha value is -3.13. The summed E-state index contributed by atoms with van der Waals surface area (Å²) in [4.78, 5) is 0. The van der Waals surface area contributed by atoms with E-state index in [9.17, 15) is 0 Å². The zero-order valence-electron chi connectivity index (χ0n) is 20.2. The molecular weight excluding hydrogens is 388 g/mol. The van der Waals surface area contributed by atoms with Gasteiger partial charge in [0.1, 0.15) is 7.05 Å². The van der Waals surface area contributed by atoms with E-state index in [2.05, 4.69) is 106 Å². The quantitative estimate of drug-likeness (QED) is 0.150. The second kappa shape index (κ2) is 6.22. The van der Waals surface area contributed by atoms with Crippen molar-refractivity contribution in [1.82, 2.24) is 4.40 Å². The molecule has 3 aromatic heterocycles. The maximum atomic E-state index is 2.59. The molecule has 0 spiro atoms. The summed E-state index contributed by atoms with van der Waals surface area (Å²) in [6, 6.07) is 15.9. The van der Waals surface area contributed by atoms with Gasteiger partial charge >= 0.3 is 0 Å². The fourth-order valence-corrected chi connectivity index (χ4v) is 5.96. The molecule has 2 nitrogen and oxygen atoms in total. The van der Waals surface area contributed by atoms with Gasteiger partial charge in [-0.05, 0) is 66.3 Å². The van der Waals surface area contributed by atoms with E-state index in [1.807, 2.05) is 0 Å². The first-order valence-corrected chi connectivity index (χ1v) is 11.7. The van der Waals surface area contributed by atoms with Gasteiger partial charge in [-0.15, -0.1) is 0 Å². The van der Waals surface area contributed by atoms with Gasteiger partial charge in [-0.25, -0.2) is 4.57 Å². The Bertz CT molecular complexity index is 1710. The van der Waals surface area contributed by atoms with E-state index >= 15 is 0 Å². The summed E-state index contributed by atoms with van der Waals surface area (Å²) in [7, 11) is 2.20. The van der Waals surface area contributed by atoms with Crippen LogP contribution in [0.5, 0.6) is 0 Å². The van der Waals surface area contributed by atoms with E-state index < -0.39 is 0 Å². The second-order valence-corrected chi connectivity index (χ2v) is 10.9. The number of para-hydroxylation sites is 1. The molecule has 0 N–H and O–H groups in total. The fourth-order valence-electron chi connectivity index (χ4n) is 5.96. The predicted octanol–water partition coefficient (Wildman–Crippen LogP) is 7.33. The molecule has 0 unspecified atom stereocenters. The molecule has 0 radical (unpaired) electrons. The van der Waals surface area contributed by atoms with Gasteiger partial charge in [-0.1, -0.05) is 51.1 Å². The molecule has 0 fully saturated rings. The molecule has 0 atom stereocenters. The van der Waals surface area contributed by atoms with Gasteiger partial charge in [0.25, 0.3) is 0 Å². The molecule has 6 aromatic rings. The third-order valence-corrected chi connectivity index (χ3v) is 7.53. The minimum absolute atomic E-state index is 0.211. The van der Waals surface area contributed by atoms with Crippen molar-refractivity contribution in [2.24, 2.45) is 12.5 Å². The largest absolute Gasteiger partial charge is 0.307 e. The van der Waals surface area contributed by atoms with E-state index in [0.29, 0.717) is 0 Å². The molecule has 160 valence electrons. The zero-order valence-corrected chi connectivity index (χ0v) is 20.2. The lowest BCUT2D eigenvalue weighted by Crippen LogP contribution is -2.29. The van der Waals surface area contributed by atoms with Crippen LogP contribution in [0.1, 0.15) is 43.0 Å². The van der Waals surface area contributed by atoms with E-state index in [-0.39, 0.29) is 5.41 Å². The van der Waals surface area contributed by atoms with Crippen molar-refractivity contribution >= 4 is 49.0 Å². The van der Waals surface area contributed by atoms with Crippen LogP contribution in [0.3, 0.4) is 0 Å². The smallest absolute Gasteiger partial charge is 0.224 e. The molecule has 0 saturated heterocycles. The molecule has 0 aliphatic carbocycles. The van der Waals surface area contributed by atoms with Gasteiger partial charge < -0.3 is 4.40 Å². The Balaban J connectivity index is 2.08. The SMILES string of the molecule is Cc1c(C)c2c3ccccc3n3c4c(CC(C)(C)C)ccc5cc[n+](C)c(c(c1C)c23)c54. The molecule has 0 saturated carbocycles. The van der Waals surface area contributed by atoms with Gasteiger partial charge in [0, 0.05) is 16.8 Å². The fraction of sp³-hybridized carbons (Fsp3) is 0.300. The highest BCUT2D eigenvalue weighted by Crippen LogP contribution is 2.44. The van der Waals surface area contributed by atoms with E-state index in [1.165, 1.54) is 71.3 Å². The van der Waals surface area contributed by atoms with E-state index in [0.717, 1.165) is 6.42 Å². The summed E-state index contributed by atoms with van der Waals surface area (Å²) >= 11 is 0. The van der Waals surface area contributed by atoms with Crippen molar-refractivity contribution in [2.45, 2.75) is 48.0 Å². The van der Waals surface area contributed by atoms with Crippen LogP contribution in [-0.2, 0) is 13.5 Å². The topological polar surface area (TPSA) is 8.29 Å². The number of hydrogen-bond acceptors (Lipinski definition) is 0. The van der Waals surface area contributed by atoms with Gasteiger partial charge in [0.2, 0.25) is 5.52 Å². The summed E-state index contributed by atoms with van der Waals surface area (Å²) in [6.07, 6.45) is 3.27. The van der Waals surface area contributed by atoms with Crippen LogP contribution in [0.2, 0.25) is 0 Å². The van der Waals surface area contributed by atoms with Gasteiger partial charge in [-0.3, -0.25) is 0 Å². The lowest BCUT2D eigenvalue weighted by atomic mass is 9.86. The molecule has 0 aliphatic heterocycles. The molecule has 0 bridgehead atoms. The molecule has 0 amide bonds. The van der Waals surface area contributed by atoms with Crippen LogP contribution in [0, 0.1) is 26.2 Å². The normalized spacial score (nSPS) is 13.0. The summed E-state index contributed by atoms with van der Waals surface area (Å²) in [5.74, 6) is 0. The summed E-state index contributed by atoms with van der Waals surface area (Å²) in [5.41, 5.74) is 11.3. The van der Waals surface area contributed by atoms with Gasteiger partial charge in [-0.2, -0.15) is 0 Å². The number of benzene rings is 3. The number of aryl methyl sites for hydroxylation is 3. The Labute approximate surface area is 189 Å².